The van der Waals surface area contributed by atoms with Crippen molar-refractivity contribution in [2.75, 3.05) is 12.4 Å². The van der Waals surface area contributed by atoms with Crippen molar-refractivity contribution in [1.82, 2.24) is 0 Å². The van der Waals surface area contributed by atoms with Gasteiger partial charge in [0, 0.05) is 6.07 Å². The zero-order valence-electron chi connectivity index (χ0n) is 14.4. The first-order valence-electron chi connectivity index (χ1n) is 7.71. The third-order valence-electron chi connectivity index (χ3n) is 3.41. The van der Waals surface area contributed by atoms with E-state index in [1.54, 1.807) is 0 Å². The Hall–Kier alpha value is -3.23. The van der Waals surface area contributed by atoms with Crippen LogP contribution in [-0.2, 0) is 9.53 Å². The van der Waals surface area contributed by atoms with E-state index in [0.29, 0.717) is 0 Å². The molecule has 0 saturated carbocycles. The number of alkyl halides is 2. The molecule has 0 saturated heterocycles. The lowest BCUT2D eigenvalue weighted by Gasteiger charge is -2.16. The van der Waals surface area contributed by atoms with Crippen LogP contribution in [0, 0.1) is 5.82 Å². The molecule has 0 aliphatic rings. The van der Waals surface area contributed by atoms with Crippen LogP contribution in [0.5, 0.6) is 11.5 Å². The lowest BCUT2D eigenvalue weighted by atomic mass is 10.2. The van der Waals surface area contributed by atoms with Crippen molar-refractivity contribution in [2.45, 2.75) is 19.6 Å². The number of esters is 1. The lowest BCUT2D eigenvalue weighted by Crippen LogP contribution is -2.30. The molecule has 0 radical (unpaired) electrons. The first-order chi connectivity index (χ1) is 12.8. The number of anilines is 1. The highest BCUT2D eigenvalue weighted by Crippen LogP contribution is 2.26. The van der Waals surface area contributed by atoms with Gasteiger partial charge < -0.3 is 19.5 Å². The van der Waals surface area contributed by atoms with E-state index in [9.17, 15) is 22.8 Å². The second kappa shape index (κ2) is 8.93. The molecule has 0 aliphatic heterocycles. The van der Waals surface area contributed by atoms with Crippen LogP contribution < -0.4 is 14.8 Å². The molecule has 0 unspecified atom stereocenters. The maximum atomic E-state index is 13.9. The zero-order valence-corrected chi connectivity index (χ0v) is 14.4. The molecule has 0 aliphatic carbocycles. The normalized spacial score (nSPS) is 11.6. The van der Waals surface area contributed by atoms with Gasteiger partial charge in [0.1, 0.15) is 17.3 Å². The van der Waals surface area contributed by atoms with Crippen molar-refractivity contribution < 1.29 is 37.0 Å². The summed E-state index contributed by atoms with van der Waals surface area (Å²) in [6.07, 6.45) is -1.32. The predicted molar refractivity (Wildman–Crippen MR) is 89.5 cm³/mol. The summed E-state index contributed by atoms with van der Waals surface area (Å²) in [5, 5.41) is 2.32. The molecule has 144 valence electrons. The topological polar surface area (TPSA) is 73.9 Å². The Bertz CT molecular complexity index is 828. The number of methoxy groups -OCH3 is 1. The Morgan fingerprint density at radius 3 is 2.44 bits per heavy atom. The van der Waals surface area contributed by atoms with E-state index >= 15 is 0 Å². The van der Waals surface area contributed by atoms with Crippen LogP contribution in [0.3, 0.4) is 0 Å². The molecule has 27 heavy (non-hydrogen) atoms. The number of para-hydroxylation sites is 2. The largest absolute Gasteiger partial charge is 0.497 e. The highest BCUT2D eigenvalue weighted by Gasteiger charge is 2.22. The smallest absolute Gasteiger partial charge is 0.387 e. The maximum absolute atomic E-state index is 13.9. The number of amides is 1. The van der Waals surface area contributed by atoms with Crippen molar-refractivity contribution in [2.24, 2.45) is 0 Å². The minimum atomic E-state index is -3.07. The first kappa shape index (κ1) is 20.1. The van der Waals surface area contributed by atoms with Gasteiger partial charge in [0.25, 0.3) is 5.91 Å². The van der Waals surface area contributed by atoms with Crippen LogP contribution in [-0.4, -0.2) is 31.7 Å². The molecule has 0 fully saturated rings. The van der Waals surface area contributed by atoms with Crippen molar-refractivity contribution in [3.05, 3.63) is 53.8 Å². The van der Waals surface area contributed by atoms with E-state index in [1.807, 2.05) is 0 Å². The summed E-state index contributed by atoms with van der Waals surface area (Å²) in [6, 6.07) is 9.05. The fourth-order valence-corrected chi connectivity index (χ4v) is 2.07. The molecular weight excluding hydrogens is 367 g/mol. The Labute approximate surface area is 152 Å². The number of carbonyl (C=O) groups excluding carboxylic acids is 2. The minimum absolute atomic E-state index is 0.0265. The van der Waals surface area contributed by atoms with Crippen molar-refractivity contribution >= 4 is 17.6 Å². The second-order valence-corrected chi connectivity index (χ2v) is 5.26. The van der Waals surface area contributed by atoms with Gasteiger partial charge in [0.2, 0.25) is 0 Å². The van der Waals surface area contributed by atoms with Gasteiger partial charge in [-0.2, -0.15) is 8.78 Å². The lowest BCUT2D eigenvalue weighted by molar-refractivity contribution is -0.123. The van der Waals surface area contributed by atoms with Crippen LogP contribution in [0.2, 0.25) is 0 Å². The van der Waals surface area contributed by atoms with Gasteiger partial charge in [-0.25, -0.2) is 9.18 Å². The molecule has 6 nitrogen and oxygen atoms in total. The van der Waals surface area contributed by atoms with E-state index in [0.717, 1.165) is 12.1 Å². The number of ether oxygens (including phenoxy) is 3. The second-order valence-electron chi connectivity index (χ2n) is 5.26. The number of nitrogens with one attached hydrogen (secondary N) is 1. The van der Waals surface area contributed by atoms with Gasteiger partial charge in [-0.05, 0) is 31.2 Å². The van der Waals surface area contributed by atoms with Crippen LogP contribution in [0.25, 0.3) is 0 Å². The molecule has 0 aromatic heterocycles. The fraction of sp³-hybridized carbons (Fsp3) is 0.222. The summed E-state index contributed by atoms with van der Waals surface area (Å²) < 4.78 is 52.7. The van der Waals surface area contributed by atoms with Crippen molar-refractivity contribution in [3.8, 4) is 11.5 Å². The summed E-state index contributed by atoms with van der Waals surface area (Å²) in [5.74, 6) is -2.77. The standard InChI is InChI=1S/C18H16F3NO5/c1-10(26-17(24)12-8-7-11(25-2)9-13(12)19)16(23)22-14-5-3-4-6-15(14)27-18(20)21/h3-10,18H,1-2H3,(H,22,23)/t10-/m1/s1. The van der Waals surface area contributed by atoms with E-state index < -0.39 is 30.4 Å². The number of benzene rings is 2. The summed E-state index contributed by atoms with van der Waals surface area (Å²) in [6.45, 7) is -1.82. The molecule has 0 spiro atoms. The molecular formula is C18H16F3NO5. The van der Waals surface area contributed by atoms with Gasteiger partial charge in [-0.3, -0.25) is 4.79 Å². The minimum Gasteiger partial charge on any atom is -0.497 e. The highest BCUT2D eigenvalue weighted by atomic mass is 19.3. The van der Waals surface area contributed by atoms with E-state index in [2.05, 4.69) is 10.1 Å². The van der Waals surface area contributed by atoms with Crippen LogP contribution in [0.15, 0.2) is 42.5 Å². The molecule has 9 heteroatoms. The average Bonchev–Trinajstić information content (AvgIpc) is 2.62. The highest BCUT2D eigenvalue weighted by molar-refractivity contribution is 5.98. The SMILES string of the molecule is COc1ccc(C(=O)O[C@H](C)C(=O)Nc2ccccc2OC(F)F)c(F)c1. The summed E-state index contributed by atoms with van der Waals surface area (Å²) in [5.41, 5.74) is -0.404. The first-order valence-corrected chi connectivity index (χ1v) is 7.71. The van der Waals surface area contributed by atoms with Crippen LogP contribution >= 0.6 is 0 Å². The number of rotatable bonds is 7. The van der Waals surface area contributed by atoms with Crippen LogP contribution in [0.1, 0.15) is 17.3 Å². The van der Waals surface area contributed by atoms with E-state index in [4.69, 9.17) is 9.47 Å². The Balaban J connectivity index is 2.05. The summed E-state index contributed by atoms with van der Waals surface area (Å²) in [7, 11) is 1.34. The predicted octanol–water partition coefficient (Wildman–Crippen LogP) is 3.62. The van der Waals surface area contributed by atoms with Crippen LogP contribution in [0.4, 0.5) is 18.9 Å². The number of hydrogen-bond acceptors (Lipinski definition) is 5. The Kier molecular flexibility index (Phi) is 6.64. The molecule has 2 rings (SSSR count). The third kappa shape index (κ3) is 5.37. The molecule has 1 atom stereocenters. The number of carbonyl (C=O) groups is 2. The van der Waals surface area contributed by atoms with Gasteiger partial charge in [-0.15, -0.1) is 0 Å². The summed E-state index contributed by atoms with van der Waals surface area (Å²) >= 11 is 0. The van der Waals surface area contributed by atoms with Gasteiger partial charge in [0.05, 0.1) is 18.4 Å². The molecule has 1 N–H and O–H groups in total. The Morgan fingerprint density at radius 1 is 1.11 bits per heavy atom. The van der Waals surface area contributed by atoms with Gasteiger partial charge in [0.15, 0.2) is 6.10 Å². The van der Waals surface area contributed by atoms with E-state index in [1.165, 1.54) is 44.4 Å². The van der Waals surface area contributed by atoms with Gasteiger partial charge >= 0.3 is 12.6 Å². The molecule has 0 heterocycles. The monoisotopic (exact) mass is 383 g/mol. The average molecular weight is 383 g/mol. The quantitative estimate of drug-likeness (QED) is 0.740. The molecule has 2 aromatic rings. The maximum Gasteiger partial charge on any atom is 0.387 e. The zero-order chi connectivity index (χ0) is 20.0. The Morgan fingerprint density at radius 2 is 1.81 bits per heavy atom. The van der Waals surface area contributed by atoms with Crippen molar-refractivity contribution in [3.63, 3.8) is 0 Å². The summed E-state index contributed by atoms with van der Waals surface area (Å²) in [4.78, 5) is 24.2. The number of hydrogen-bond donors (Lipinski definition) is 1. The molecule has 2 aromatic carbocycles. The van der Waals surface area contributed by atoms with Crippen molar-refractivity contribution in [1.29, 1.82) is 0 Å². The fourth-order valence-electron chi connectivity index (χ4n) is 2.07. The molecule has 1 amide bonds. The number of halogens is 3. The van der Waals surface area contributed by atoms with E-state index in [-0.39, 0.29) is 22.7 Å². The third-order valence-corrected chi connectivity index (χ3v) is 3.41. The molecule has 0 bridgehead atoms. The van der Waals surface area contributed by atoms with Gasteiger partial charge in [-0.1, -0.05) is 12.1 Å².